The van der Waals surface area contributed by atoms with Gasteiger partial charge >= 0.3 is 0 Å². The van der Waals surface area contributed by atoms with Gasteiger partial charge in [0.05, 0.1) is 0 Å². The Balaban J connectivity index is 2.19. The Morgan fingerprint density at radius 3 is 2.93 bits per heavy atom. The largest absolute Gasteiger partial charge is 0.396 e. The highest BCUT2D eigenvalue weighted by Gasteiger charge is 2.11. The normalized spacial score (nSPS) is 22.9. The Hall–Kier alpha value is -0.340. The number of hydrogen-bond donors (Lipinski definition) is 2. The van der Waals surface area contributed by atoms with Crippen molar-refractivity contribution in [2.45, 2.75) is 51.5 Å². The Morgan fingerprint density at radius 1 is 1.47 bits per heavy atom. The van der Waals surface area contributed by atoms with Crippen molar-refractivity contribution < 1.29 is 5.11 Å². The zero-order chi connectivity index (χ0) is 10.9. The molecule has 0 saturated heterocycles. The highest BCUT2D eigenvalue weighted by Crippen LogP contribution is 2.13. The van der Waals surface area contributed by atoms with Gasteiger partial charge in [-0.05, 0) is 44.6 Å². The van der Waals surface area contributed by atoms with Gasteiger partial charge in [-0.1, -0.05) is 25.5 Å². The molecule has 0 amide bonds. The summed E-state index contributed by atoms with van der Waals surface area (Å²) in [6.45, 7) is 3.60. The van der Waals surface area contributed by atoms with Crippen molar-refractivity contribution >= 4 is 0 Å². The molecule has 2 atom stereocenters. The topological polar surface area (TPSA) is 32.3 Å². The van der Waals surface area contributed by atoms with E-state index >= 15 is 0 Å². The molecular formula is C13H25NO. The maximum atomic E-state index is 8.96. The fourth-order valence-electron chi connectivity index (χ4n) is 2.24. The first-order chi connectivity index (χ1) is 7.36. The lowest BCUT2D eigenvalue weighted by Crippen LogP contribution is -2.33. The van der Waals surface area contributed by atoms with Crippen LogP contribution in [-0.2, 0) is 0 Å². The SMILES string of the molecule is CCCC(CCO)CNC1C=CCCC1. The minimum absolute atomic E-state index is 0.326. The van der Waals surface area contributed by atoms with Gasteiger partial charge in [0.1, 0.15) is 0 Å². The van der Waals surface area contributed by atoms with E-state index in [1.165, 1.54) is 32.1 Å². The van der Waals surface area contributed by atoms with Gasteiger partial charge in [0.25, 0.3) is 0 Å². The lowest BCUT2D eigenvalue weighted by Gasteiger charge is -2.22. The molecule has 15 heavy (non-hydrogen) atoms. The highest BCUT2D eigenvalue weighted by atomic mass is 16.3. The molecular weight excluding hydrogens is 186 g/mol. The summed E-state index contributed by atoms with van der Waals surface area (Å²) in [4.78, 5) is 0. The first-order valence-corrected chi connectivity index (χ1v) is 6.37. The van der Waals surface area contributed by atoms with Crippen molar-refractivity contribution in [1.82, 2.24) is 5.32 Å². The average molecular weight is 211 g/mol. The van der Waals surface area contributed by atoms with Crippen LogP contribution in [0.25, 0.3) is 0 Å². The molecule has 0 bridgehead atoms. The third-order valence-corrected chi connectivity index (χ3v) is 3.16. The second-order valence-corrected chi connectivity index (χ2v) is 4.54. The van der Waals surface area contributed by atoms with E-state index in [2.05, 4.69) is 24.4 Å². The van der Waals surface area contributed by atoms with Gasteiger partial charge in [-0.3, -0.25) is 0 Å². The fourth-order valence-corrected chi connectivity index (χ4v) is 2.24. The number of nitrogens with one attached hydrogen (secondary N) is 1. The van der Waals surface area contributed by atoms with E-state index in [-0.39, 0.29) is 0 Å². The van der Waals surface area contributed by atoms with Crippen LogP contribution in [0.15, 0.2) is 12.2 Å². The summed E-state index contributed by atoms with van der Waals surface area (Å²) in [5.41, 5.74) is 0. The van der Waals surface area contributed by atoms with Gasteiger partial charge in [0, 0.05) is 12.6 Å². The van der Waals surface area contributed by atoms with E-state index in [1.54, 1.807) is 0 Å². The quantitative estimate of drug-likeness (QED) is 0.634. The third kappa shape index (κ3) is 5.33. The van der Waals surface area contributed by atoms with E-state index in [0.29, 0.717) is 18.6 Å². The minimum atomic E-state index is 0.326. The Kier molecular flexibility index (Phi) is 6.69. The summed E-state index contributed by atoms with van der Waals surface area (Å²) in [7, 11) is 0. The van der Waals surface area contributed by atoms with Crippen LogP contribution in [0, 0.1) is 5.92 Å². The molecule has 0 aromatic heterocycles. The lowest BCUT2D eigenvalue weighted by molar-refractivity contribution is 0.246. The summed E-state index contributed by atoms with van der Waals surface area (Å²) in [5.74, 6) is 0.648. The van der Waals surface area contributed by atoms with E-state index in [1.807, 2.05) is 0 Å². The third-order valence-electron chi connectivity index (χ3n) is 3.16. The molecule has 0 heterocycles. The first-order valence-electron chi connectivity index (χ1n) is 6.37. The van der Waals surface area contributed by atoms with Gasteiger partial charge < -0.3 is 10.4 Å². The molecule has 2 N–H and O–H groups in total. The van der Waals surface area contributed by atoms with Gasteiger partial charge in [-0.15, -0.1) is 0 Å². The molecule has 2 unspecified atom stereocenters. The average Bonchev–Trinajstić information content (AvgIpc) is 2.28. The maximum Gasteiger partial charge on any atom is 0.0434 e. The molecule has 1 rings (SSSR count). The summed E-state index contributed by atoms with van der Waals surface area (Å²) in [6, 6.07) is 0.580. The van der Waals surface area contributed by atoms with Crippen molar-refractivity contribution in [3.05, 3.63) is 12.2 Å². The Morgan fingerprint density at radius 2 is 2.33 bits per heavy atom. The van der Waals surface area contributed by atoms with Crippen molar-refractivity contribution in [1.29, 1.82) is 0 Å². The number of allylic oxidation sites excluding steroid dienone is 1. The predicted octanol–water partition coefficient (Wildman–Crippen LogP) is 2.48. The predicted molar refractivity (Wildman–Crippen MR) is 64.9 cm³/mol. The zero-order valence-electron chi connectivity index (χ0n) is 9.91. The second kappa shape index (κ2) is 7.89. The fraction of sp³-hybridized carbons (Fsp3) is 0.846. The van der Waals surface area contributed by atoms with E-state index in [0.717, 1.165) is 13.0 Å². The van der Waals surface area contributed by atoms with Gasteiger partial charge in [0.2, 0.25) is 0 Å². The molecule has 0 radical (unpaired) electrons. The molecule has 0 aromatic carbocycles. The molecule has 0 fully saturated rings. The standard InChI is InChI=1S/C13H25NO/c1-2-6-12(9-10-15)11-14-13-7-4-3-5-8-13/h4,7,12-15H,2-3,5-6,8-11H2,1H3. The highest BCUT2D eigenvalue weighted by molar-refractivity contribution is 4.97. The van der Waals surface area contributed by atoms with Crippen molar-refractivity contribution in [2.75, 3.05) is 13.2 Å². The Bertz CT molecular complexity index is 173. The molecule has 1 aliphatic carbocycles. The van der Waals surface area contributed by atoms with Crippen molar-refractivity contribution in [3.63, 3.8) is 0 Å². The van der Waals surface area contributed by atoms with E-state index in [9.17, 15) is 0 Å². The maximum absolute atomic E-state index is 8.96. The van der Waals surface area contributed by atoms with Crippen LogP contribution in [0.2, 0.25) is 0 Å². The van der Waals surface area contributed by atoms with Crippen molar-refractivity contribution in [2.24, 2.45) is 5.92 Å². The van der Waals surface area contributed by atoms with Crippen LogP contribution in [0.3, 0.4) is 0 Å². The summed E-state index contributed by atoms with van der Waals surface area (Å²) in [5, 5.41) is 12.6. The second-order valence-electron chi connectivity index (χ2n) is 4.54. The van der Waals surface area contributed by atoms with Crippen LogP contribution in [-0.4, -0.2) is 24.3 Å². The van der Waals surface area contributed by atoms with Crippen LogP contribution in [0.1, 0.15) is 45.4 Å². The first kappa shape index (κ1) is 12.7. The monoisotopic (exact) mass is 211 g/mol. The molecule has 0 aromatic rings. The van der Waals surface area contributed by atoms with Gasteiger partial charge in [-0.25, -0.2) is 0 Å². The van der Waals surface area contributed by atoms with Crippen LogP contribution < -0.4 is 5.32 Å². The molecule has 2 nitrogen and oxygen atoms in total. The molecule has 1 aliphatic rings. The lowest BCUT2D eigenvalue weighted by atomic mass is 9.98. The smallest absolute Gasteiger partial charge is 0.0434 e. The number of rotatable bonds is 7. The molecule has 0 aliphatic heterocycles. The molecule has 0 spiro atoms. The minimum Gasteiger partial charge on any atom is -0.396 e. The van der Waals surface area contributed by atoms with E-state index < -0.39 is 0 Å². The van der Waals surface area contributed by atoms with Crippen molar-refractivity contribution in [3.8, 4) is 0 Å². The molecule has 88 valence electrons. The van der Waals surface area contributed by atoms with Gasteiger partial charge in [-0.2, -0.15) is 0 Å². The summed E-state index contributed by atoms with van der Waals surface area (Å²) < 4.78 is 0. The number of aliphatic hydroxyl groups is 1. The molecule has 0 saturated carbocycles. The number of hydrogen-bond acceptors (Lipinski definition) is 2. The number of aliphatic hydroxyl groups excluding tert-OH is 1. The van der Waals surface area contributed by atoms with Crippen LogP contribution in [0.5, 0.6) is 0 Å². The van der Waals surface area contributed by atoms with Crippen LogP contribution >= 0.6 is 0 Å². The summed E-state index contributed by atoms with van der Waals surface area (Å²) in [6.07, 6.45) is 11.8. The van der Waals surface area contributed by atoms with Crippen LogP contribution in [0.4, 0.5) is 0 Å². The van der Waals surface area contributed by atoms with Gasteiger partial charge in [0.15, 0.2) is 0 Å². The summed E-state index contributed by atoms with van der Waals surface area (Å²) >= 11 is 0. The zero-order valence-corrected chi connectivity index (χ0v) is 9.91. The molecule has 2 heteroatoms. The van der Waals surface area contributed by atoms with E-state index in [4.69, 9.17) is 5.11 Å². The Labute approximate surface area is 93.8 Å².